The number of nitrogens with zero attached hydrogens (tertiary/aromatic N) is 5. The van der Waals surface area contributed by atoms with E-state index in [2.05, 4.69) is 15.5 Å². The lowest BCUT2D eigenvalue weighted by atomic mass is 10.3. The van der Waals surface area contributed by atoms with Crippen molar-refractivity contribution in [3.63, 3.8) is 0 Å². The number of tetrazole rings is 1. The first kappa shape index (κ1) is 12.4. The second kappa shape index (κ2) is 5.54. The van der Waals surface area contributed by atoms with E-state index in [0.717, 1.165) is 5.69 Å². The van der Waals surface area contributed by atoms with Gasteiger partial charge in [0.25, 0.3) is 0 Å². The summed E-state index contributed by atoms with van der Waals surface area (Å²) in [6.07, 6.45) is 0.632. The predicted molar refractivity (Wildman–Crippen MR) is 73.8 cm³/mol. The molecule has 7 heteroatoms. The Hall–Kier alpha value is -2.02. The van der Waals surface area contributed by atoms with Crippen LogP contribution in [0.5, 0.6) is 0 Å². The highest BCUT2D eigenvalue weighted by molar-refractivity contribution is 7.80. The molecular formula is C11H14N6S. The molecule has 2 N–H and O–H groups in total. The van der Waals surface area contributed by atoms with Crippen molar-refractivity contribution < 1.29 is 0 Å². The minimum Gasteiger partial charge on any atom is -0.393 e. The molecule has 0 bridgehead atoms. The van der Waals surface area contributed by atoms with Crippen molar-refractivity contribution in [2.24, 2.45) is 5.73 Å². The smallest absolute Gasteiger partial charge is 0.250 e. The van der Waals surface area contributed by atoms with E-state index >= 15 is 0 Å². The van der Waals surface area contributed by atoms with Gasteiger partial charge in [0.15, 0.2) is 0 Å². The summed E-state index contributed by atoms with van der Waals surface area (Å²) in [6, 6.07) is 9.72. The number of hydrogen-bond acceptors (Lipinski definition) is 5. The average molecular weight is 262 g/mol. The number of thiocarbonyl (C=S) groups is 1. The molecule has 94 valence electrons. The monoisotopic (exact) mass is 262 g/mol. The van der Waals surface area contributed by atoms with Gasteiger partial charge in [-0.2, -0.15) is 4.68 Å². The van der Waals surface area contributed by atoms with Gasteiger partial charge in [-0.15, -0.1) is 0 Å². The van der Waals surface area contributed by atoms with Gasteiger partial charge >= 0.3 is 0 Å². The molecule has 1 aromatic carbocycles. The molecule has 0 aliphatic rings. The second-order valence-electron chi connectivity index (χ2n) is 3.86. The SMILES string of the molecule is CN(CCC(N)=S)c1nnnn1-c1ccccc1. The molecule has 0 fully saturated rings. The summed E-state index contributed by atoms with van der Waals surface area (Å²) in [5.41, 5.74) is 6.41. The molecule has 0 aliphatic carbocycles. The molecule has 0 radical (unpaired) electrons. The zero-order valence-corrected chi connectivity index (χ0v) is 10.8. The van der Waals surface area contributed by atoms with Gasteiger partial charge < -0.3 is 10.6 Å². The standard InChI is InChI=1S/C11H14N6S/c1-16(8-7-10(12)18)11-13-14-15-17(11)9-5-3-2-4-6-9/h2-6H,7-8H2,1H3,(H2,12,18). The normalized spacial score (nSPS) is 10.3. The quantitative estimate of drug-likeness (QED) is 0.803. The molecule has 0 saturated heterocycles. The van der Waals surface area contributed by atoms with Crippen LogP contribution < -0.4 is 10.6 Å². The Balaban J connectivity index is 2.20. The highest BCUT2D eigenvalue weighted by Crippen LogP contribution is 2.13. The predicted octanol–water partition coefficient (Wildman–Crippen LogP) is 0.775. The number of nitrogens with two attached hydrogens (primary N) is 1. The fourth-order valence-electron chi connectivity index (χ4n) is 1.53. The van der Waals surface area contributed by atoms with E-state index < -0.39 is 0 Å². The zero-order valence-electron chi connectivity index (χ0n) is 10.0. The Morgan fingerprint density at radius 3 is 2.78 bits per heavy atom. The van der Waals surface area contributed by atoms with Gasteiger partial charge in [-0.3, -0.25) is 0 Å². The third-order valence-electron chi connectivity index (χ3n) is 2.49. The molecular weight excluding hydrogens is 248 g/mol. The van der Waals surface area contributed by atoms with Crippen LogP contribution in [-0.4, -0.2) is 38.8 Å². The largest absolute Gasteiger partial charge is 0.393 e. The third-order valence-corrected chi connectivity index (χ3v) is 2.69. The van der Waals surface area contributed by atoms with E-state index in [4.69, 9.17) is 18.0 Å². The van der Waals surface area contributed by atoms with Gasteiger partial charge in [0.1, 0.15) is 0 Å². The van der Waals surface area contributed by atoms with Crippen molar-refractivity contribution in [3.05, 3.63) is 30.3 Å². The highest BCUT2D eigenvalue weighted by atomic mass is 32.1. The lowest BCUT2D eigenvalue weighted by molar-refractivity contribution is 0.773. The average Bonchev–Trinajstić information content (AvgIpc) is 2.86. The van der Waals surface area contributed by atoms with Crippen molar-refractivity contribution in [1.29, 1.82) is 0 Å². The van der Waals surface area contributed by atoms with E-state index in [1.54, 1.807) is 4.68 Å². The maximum absolute atomic E-state index is 5.49. The Morgan fingerprint density at radius 1 is 1.39 bits per heavy atom. The summed E-state index contributed by atoms with van der Waals surface area (Å²) in [7, 11) is 1.91. The molecule has 0 unspecified atom stereocenters. The van der Waals surface area contributed by atoms with Gasteiger partial charge in [-0.25, -0.2) is 0 Å². The van der Waals surface area contributed by atoms with E-state index in [1.165, 1.54) is 0 Å². The van der Waals surface area contributed by atoms with Gasteiger partial charge in [0.2, 0.25) is 5.95 Å². The Labute approximate surface area is 110 Å². The number of aromatic nitrogens is 4. The first-order chi connectivity index (χ1) is 8.68. The highest BCUT2D eigenvalue weighted by Gasteiger charge is 2.12. The Bertz CT molecular complexity index is 523. The van der Waals surface area contributed by atoms with Crippen LogP contribution in [-0.2, 0) is 0 Å². The van der Waals surface area contributed by atoms with Crippen LogP contribution >= 0.6 is 12.2 Å². The topological polar surface area (TPSA) is 72.9 Å². The molecule has 0 spiro atoms. The molecule has 6 nitrogen and oxygen atoms in total. The lowest BCUT2D eigenvalue weighted by Crippen LogP contribution is -2.26. The van der Waals surface area contributed by atoms with Crippen LogP contribution in [0.15, 0.2) is 30.3 Å². The second-order valence-corrected chi connectivity index (χ2v) is 4.39. The summed E-state index contributed by atoms with van der Waals surface area (Å²) in [5, 5.41) is 11.7. The van der Waals surface area contributed by atoms with E-state index in [0.29, 0.717) is 23.9 Å². The van der Waals surface area contributed by atoms with Crippen molar-refractivity contribution in [2.75, 3.05) is 18.5 Å². The fourth-order valence-corrected chi connectivity index (χ4v) is 1.63. The Kier molecular flexibility index (Phi) is 3.83. The number of hydrogen-bond donors (Lipinski definition) is 1. The summed E-state index contributed by atoms with van der Waals surface area (Å²) in [5.74, 6) is 0.664. The first-order valence-electron chi connectivity index (χ1n) is 5.51. The number of anilines is 1. The molecule has 0 aliphatic heterocycles. The van der Waals surface area contributed by atoms with E-state index in [1.807, 2.05) is 42.3 Å². The molecule has 1 aromatic heterocycles. The maximum Gasteiger partial charge on any atom is 0.250 e. The zero-order chi connectivity index (χ0) is 13.0. The summed E-state index contributed by atoms with van der Waals surface area (Å²) < 4.78 is 1.68. The Morgan fingerprint density at radius 2 is 2.11 bits per heavy atom. The minimum atomic E-state index is 0.487. The molecule has 18 heavy (non-hydrogen) atoms. The minimum absolute atomic E-state index is 0.487. The first-order valence-corrected chi connectivity index (χ1v) is 5.92. The molecule has 0 atom stereocenters. The van der Waals surface area contributed by atoms with Gasteiger partial charge in [-0.05, 0) is 22.6 Å². The number of rotatable bonds is 5. The summed E-state index contributed by atoms with van der Waals surface area (Å²) >= 11 is 4.86. The molecule has 0 amide bonds. The van der Waals surface area contributed by atoms with Crippen molar-refractivity contribution in [1.82, 2.24) is 20.2 Å². The number of para-hydroxylation sites is 1. The van der Waals surface area contributed by atoms with Gasteiger partial charge in [-0.1, -0.05) is 35.5 Å². The van der Waals surface area contributed by atoms with Crippen LogP contribution in [0.3, 0.4) is 0 Å². The van der Waals surface area contributed by atoms with E-state index in [9.17, 15) is 0 Å². The summed E-state index contributed by atoms with van der Waals surface area (Å²) in [6.45, 7) is 0.683. The fraction of sp³-hybridized carbons (Fsp3) is 0.273. The van der Waals surface area contributed by atoms with Crippen LogP contribution in [0.2, 0.25) is 0 Å². The molecule has 1 heterocycles. The van der Waals surface area contributed by atoms with Crippen LogP contribution in [0, 0.1) is 0 Å². The van der Waals surface area contributed by atoms with Crippen molar-refractivity contribution >= 4 is 23.2 Å². The van der Waals surface area contributed by atoms with Crippen LogP contribution in [0.4, 0.5) is 5.95 Å². The van der Waals surface area contributed by atoms with Crippen LogP contribution in [0.25, 0.3) is 5.69 Å². The van der Waals surface area contributed by atoms with E-state index in [-0.39, 0.29) is 0 Å². The third kappa shape index (κ3) is 2.80. The van der Waals surface area contributed by atoms with Gasteiger partial charge in [0.05, 0.1) is 10.7 Å². The van der Waals surface area contributed by atoms with Crippen molar-refractivity contribution in [2.45, 2.75) is 6.42 Å². The lowest BCUT2D eigenvalue weighted by Gasteiger charge is -2.17. The molecule has 2 aromatic rings. The molecule has 2 rings (SSSR count). The number of benzene rings is 1. The maximum atomic E-state index is 5.49. The molecule has 0 saturated carbocycles. The van der Waals surface area contributed by atoms with Crippen LogP contribution in [0.1, 0.15) is 6.42 Å². The van der Waals surface area contributed by atoms with Gasteiger partial charge in [0, 0.05) is 20.0 Å². The summed E-state index contributed by atoms with van der Waals surface area (Å²) in [4.78, 5) is 2.41. The van der Waals surface area contributed by atoms with Crippen molar-refractivity contribution in [3.8, 4) is 5.69 Å².